The average molecular weight is 197 g/mol. The molecule has 84 valence electrons. The van der Waals surface area contributed by atoms with Gasteiger partial charge in [-0.1, -0.05) is 20.8 Å². The van der Waals surface area contributed by atoms with Crippen LogP contribution in [0, 0.1) is 5.92 Å². The van der Waals surface area contributed by atoms with Crippen LogP contribution >= 0.6 is 0 Å². The Balaban J connectivity index is 2.58. The van der Waals surface area contributed by atoms with Crippen LogP contribution in [0.4, 0.5) is 0 Å². The van der Waals surface area contributed by atoms with E-state index in [1.54, 1.807) is 0 Å². The lowest BCUT2D eigenvalue weighted by molar-refractivity contribution is 0.131. The van der Waals surface area contributed by atoms with Crippen molar-refractivity contribution in [3.8, 4) is 0 Å². The molecule has 1 fully saturated rings. The summed E-state index contributed by atoms with van der Waals surface area (Å²) < 4.78 is 0. The molecule has 0 radical (unpaired) electrons. The van der Waals surface area contributed by atoms with Gasteiger partial charge in [-0.3, -0.25) is 4.90 Å². The van der Waals surface area contributed by atoms with E-state index in [1.807, 2.05) is 0 Å². The molecule has 1 nitrogen and oxygen atoms in total. The molecular weight excluding hydrogens is 170 g/mol. The standard InChI is InChI=1S/C13H27N/c1-6-12-7-8-13(9-10(2)3)14(12)11(4)5/h10-13H,6-9H2,1-5H3. The molecule has 0 bridgehead atoms. The van der Waals surface area contributed by atoms with Gasteiger partial charge >= 0.3 is 0 Å². The molecular formula is C13H27N. The highest BCUT2D eigenvalue weighted by molar-refractivity contribution is 4.89. The normalized spacial score (nSPS) is 29.4. The first kappa shape index (κ1) is 12.0. The summed E-state index contributed by atoms with van der Waals surface area (Å²) in [6.07, 6.45) is 5.56. The van der Waals surface area contributed by atoms with Gasteiger partial charge in [0.1, 0.15) is 0 Å². The summed E-state index contributed by atoms with van der Waals surface area (Å²) in [5.74, 6) is 0.844. The van der Waals surface area contributed by atoms with Crippen molar-refractivity contribution in [2.24, 2.45) is 5.92 Å². The minimum Gasteiger partial charge on any atom is -0.295 e. The zero-order valence-electron chi connectivity index (χ0n) is 10.6. The highest BCUT2D eigenvalue weighted by atomic mass is 15.2. The second-order valence-corrected chi connectivity index (χ2v) is 5.46. The second-order valence-electron chi connectivity index (χ2n) is 5.46. The van der Waals surface area contributed by atoms with E-state index < -0.39 is 0 Å². The maximum atomic E-state index is 2.76. The average Bonchev–Trinajstić information content (AvgIpc) is 2.46. The van der Waals surface area contributed by atoms with E-state index in [1.165, 1.54) is 25.7 Å². The third-order valence-electron chi connectivity index (χ3n) is 3.49. The van der Waals surface area contributed by atoms with Gasteiger partial charge in [0.25, 0.3) is 0 Å². The molecule has 1 saturated heterocycles. The van der Waals surface area contributed by atoms with E-state index in [-0.39, 0.29) is 0 Å². The van der Waals surface area contributed by atoms with Gasteiger partial charge in [0.2, 0.25) is 0 Å². The summed E-state index contributed by atoms with van der Waals surface area (Å²) in [6.45, 7) is 11.7. The number of nitrogens with zero attached hydrogens (tertiary/aromatic N) is 1. The minimum atomic E-state index is 0.728. The van der Waals surface area contributed by atoms with Crippen molar-refractivity contribution in [1.82, 2.24) is 4.90 Å². The highest BCUT2D eigenvalue weighted by Gasteiger charge is 2.33. The minimum absolute atomic E-state index is 0.728. The molecule has 1 rings (SSSR count). The maximum absolute atomic E-state index is 2.76. The van der Waals surface area contributed by atoms with E-state index in [9.17, 15) is 0 Å². The van der Waals surface area contributed by atoms with Crippen molar-refractivity contribution in [1.29, 1.82) is 0 Å². The molecule has 0 aromatic rings. The third kappa shape index (κ3) is 2.73. The lowest BCUT2D eigenvalue weighted by Gasteiger charge is -2.34. The zero-order valence-corrected chi connectivity index (χ0v) is 10.6. The van der Waals surface area contributed by atoms with Crippen molar-refractivity contribution in [3.05, 3.63) is 0 Å². The van der Waals surface area contributed by atoms with Crippen LogP contribution in [-0.4, -0.2) is 23.0 Å². The lowest BCUT2D eigenvalue weighted by Crippen LogP contribution is -2.41. The number of hydrogen-bond donors (Lipinski definition) is 0. The zero-order chi connectivity index (χ0) is 10.7. The third-order valence-corrected chi connectivity index (χ3v) is 3.49. The molecule has 0 saturated carbocycles. The van der Waals surface area contributed by atoms with Gasteiger partial charge in [-0.25, -0.2) is 0 Å². The summed E-state index contributed by atoms with van der Waals surface area (Å²) in [7, 11) is 0. The van der Waals surface area contributed by atoms with Crippen molar-refractivity contribution >= 4 is 0 Å². The number of likely N-dealkylation sites (tertiary alicyclic amines) is 1. The van der Waals surface area contributed by atoms with Gasteiger partial charge in [-0.2, -0.15) is 0 Å². The topological polar surface area (TPSA) is 3.24 Å². The number of rotatable bonds is 4. The molecule has 0 aromatic carbocycles. The molecule has 0 spiro atoms. The van der Waals surface area contributed by atoms with Gasteiger partial charge in [0.15, 0.2) is 0 Å². The second kappa shape index (κ2) is 5.16. The van der Waals surface area contributed by atoms with Crippen LogP contribution in [0.2, 0.25) is 0 Å². The van der Waals surface area contributed by atoms with Crippen molar-refractivity contribution < 1.29 is 0 Å². The molecule has 0 aromatic heterocycles. The fourth-order valence-electron chi connectivity index (χ4n) is 3.02. The Hall–Kier alpha value is -0.0400. The van der Waals surface area contributed by atoms with Gasteiger partial charge in [-0.15, -0.1) is 0 Å². The van der Waals surface area contributed by atoms with Gasteiger partial charge in [-0.05, 0) is 45.4 Å². The molecule has 1 aliphatic rings. The Bertz CT molecular complexity index is 163. The van der Waals surface area contributed by atoms with Crippen molar-refractivity contribution in [3.63, 3.8) is 0 Å². The summed E-state index contributed by atoms with van der Waals surface area (Å²) in [5.41, 5.74) is 0. The quantitative estimate of drug-likeness (QED) is 0.664. The van der Waals surface area contributed by atoms with E-state index in [2.05, 4.69) is 39.5 Å². The smallest absolute Gasteiger partial charge is 0.0104 e. The van der Waals surface area contributed by atoms with Crippen LogP contribution < -0.4 is 0 Å². The van der Waals surface area contributed by atoms with Crippen LogP contribution in [0.1, 0.15) is 60.3 Å². The monoisotopic (exact) mass is 197 g/mol. The molecule has 14 heavy (non-hydrogen) atoms. The molecule has 1 heteroatoms. The van der Waals surface area contributed by atoms with Gasteiger partial charge in [0.05, 0.1) is 0 Å². The molecule has 0 aliphatic carbocycles. The Labute approximate surface area is 89.9 Å². The SMILES string of the molecule is CCC1CCC(CC(C)C)N1C(C)C. The fourth-order valence-corrected chi connectivity index (χ4v) is 3.02. The van der Waals surface area contributed by atoms with Crippen LogP contribution in [0.15, 0.2) is 0 Å². The fraction of sp³-hybridized carbons (Fsp3) is 1.00. The van der Waals surface area contributed by atoms with E-state index in [0.717, 1.165) is 24.0 Å². The predicted octanol–water partition coefficient (Wildman–Crippen LogP) is 3.68. The molecule has 2 atom stereocenters. The first-order valence-electron chi connectivity index (χ1n) is 6.33. The summed E-state index contributed by atoms with van der Waals surface area (Å²) in [6, 6.07) is 2.45. The molecule has 1 aliphatic heterocycles. The summed E-state index contributed by atoms with van der Waals surface area (Å²) in [5, 5.41) is 0. The molecule has 2 unspecified atom stereocenters. The van der Waals surface area contributed by atoms with Crippen molar-refractivity contribution in [2.75, 3.05) is 0 Å². The van der Waals surface area contributed by atoms with Gasteiger partial charge < -0.3 is 0 Å². The van der Waals surface area contributed by atoms with E-state index in [0.29, 0.717) is 0 Å². The molecule has 1 heterocycles. The van der Waals surface area contributed by atoms with Crippen LogP contribution in [0.5, 0.6) is 0 Å². The number of hydrogen-bond acceptors (Lipinski definition) is 1. The Morgan fingerprint density at radius 3 is 2.07 bits per heavy atom. The maximum Gasteiger partial charge on any atom is 0.0104 e. The predicted molar refractivity (Wildman–Crippen MR) is 63.5 cm³/mol. The van der Waals surface area contributed by atoms with Gasteiger partial charge in [0, 0.05) is 18.1 Å². The van der Waals surface area contributed by atoms with Crippen LogP contribution in [0.25, 0.3) is 0 Å². The largest absolute Gasteiger partial charge is 0.295 e. The molecule has 0 N–H and O–H groups in total. The Kier molecular flexibility index (Phi) is 4.43. The van der Waals surface area contributed by atoms with Crippen LogP contribution in [-0.2, 0) is 0 Å². The highest BCUT2D eigenvalue weighted by Crippen LogP contribution is 2.31. The first-order chi connectivity index (χ1) is 6.56. The Morgan fingerprint density at radius 1 is 1.07 bits per heavy atom. The van der Waals surface area contributed by atoms with E-state index in [4.69, 9.17) is 0 Å². The Morgan fingerprint density at radius 2 is 1.64 bits per heavy atom. The molecule has 0 amide bonds. The first-order valence-corrected chi connectivity index (χ1v) is 6.33. The van der Waals surface area contributed by atoms with Crippen LogP contribution in [0.3, 0.4) is 0 Å². The summed E-state index contributed by atoms with van der Waals surface area (Å²) >= 11 is 0. The van der Waals surface area contributed by atoms with E-state index >= 15 is 0 Å². The lowest BCUT2D eigenvalue weighted by atomic mass is 10.0. The van der Waals surface area contributed by atoms with Crippen molar-refractivity contribution in [2.45, 2.75) is 78.4 Å². The summed E-state index contributed by atoms with van der Waals surface area (Å²) in [4.78, 5) is 2.76.